The summed E-state index contributed by atoms with van der Waals surface area (Å²) in [7, 11) is -3.41. The Kier molecular flexibility index (Phi) is 3.13. The molecule has 0 radical (unpaired) electrons. The summed E-state index contributed by atoms with van der Waals surface area (Å²) in [5, 5.41) is 0. The average molecular weight is 214 g/mol. The summed E-state index contributed by atoms with van der Waals surface area (Å²) >= 11 is 0. The molecule has 3 N–H and O–H groups in total. The fourth-order valence-corrected chi connectivity index (χ4v) is 2.37. The molecule has 1 aromatic carbocycles. The van der Waals surface area contributed by atoms with Crippen LogP contribution in [-0.4, -0.2) is 14.5 Å². The minimum Gasteiger partial charge on any atom is -0.399 e. The van der Waals surface area contributed by atoms with Crippen molar-refractivity contribution in [2.45, 2.75) is 24.8 Å². The first kappa shape index (κ1) is 11.0. The van der Waals surface area contributed by atoms with E-state index in [1.165, 1.54) is 12.1 Å². The largest absolute Gasteiger partial charge is 0.399 e. The van der Waals surface area contributed by atoms with Crippen LogP contribution in [-0.2, 0) is 10.0 Å². The molecule has 0 aliphatic carbocycles. The SMILES string of the molecule is CC(C)NS(=O)(=O)c1cccc(N)c1. The van der Waals surface area contributed by atoms with Gasteiger partial charge in [-0.05, 0) is 32.0 Å². The molecule has 0 aromatic heterocycles. The minimum absolute atomic E-state index is 0.124. The summed E-state index contributed by atoms with van der Waals surface area (Å²) in [5.74, 6) is 0. The van der Waals surface area contributed by atoms with Crippen LogP contribution in [0.5, 0.6) is 0 Å². The van der Waals surface area contributed by atoms with Crippen LogP contribution in [0.15, 0.2) is 29.2 Å². The van der Waals surface area contributed by atoms with Crippen LogP contribution in [0, 0.1) is 0 Å². The van der Waals surface area contributed by atoms with Crippen molar-refractivity contribution in [1.82, 2.24) is 4.72 Å². The molecule has 1 rings (SSSR count). The van der Waals surface area contributed by atoms with E-state index < -0.39 is 10.0 Å². The van der Waals surface area contributed by atoms with E-state index in [9.17, 15) is 8.42 Å². The molecule has 0 atom stereocenters. The second kappa shape index (κ2) is 3.98. The molecule has 0 unspecified atom stereocenters. The van der Waals surface area contributed by atoms with Gasteiger partial charge in [-0.15, -0.1) is 0 Å². The van der Waals surface area contributed by atoms with Crippen molar-refractivity contribution in [2.24, 2.45) is 0 Å². The molecule has 0 heterocycles. The molecule has 0 amide bonds. The third-order valence-electron chi connectivity index (χ3n) is 1.56. The van der Waals surface area contributed by atoms with Gasteiger partial charge >= 0.3 is 0 Å². The van der Waals surface area contributed by atoms with Gasteiger partial charge in [-0.1, -0.05) is 6.07 Å². The first-order valence-corrected chi connectivity index (χ1v) is 5.78. The van der Waals surface area contributed by atoms with Gasteiger partial charge in [0.05, 0.1) is 4.90 Å². The van der Waals surface area contributed by atoms with Gasteiger partial charge in [0, 0.05) is 11.7 Å². The first-order chi connectivity index (χ1) is 6.42. The molecular weight excluding hydrogens is 200 g/mol. The Morgan fingerprint density at radius 1 is 1.36 bits per heavy atom. The number of nitrogens with one attached hydrogen (secondary N) is 1. The summed E-state index contributed by atoms with van der Waals surface area (Å²) in [6, 6.07) is 6.09. The number of hydrogen-bond acceptors (Lipinski definition) is 3. The molecule has 0 aliphatic heterocycles. The number of sulfonamides is 1. The first-order valence-electron chi connectivity index (χ1n) is 4.29. The molecule has 0 spiro atoms. The van der Waals surface area contributed by atoms with Crippen molar-refractivity contribution in [2.75, 3.05) is 5.73 Å². The molecule has 0 saturated carbocycles. The van der Waals surface area contributed by atoms with Crippen molar-refractivity contribution in [3.63, 3.8) is 0 Å². The Morgan fingerprint density at radius 2 is 2.00 bits per heavy atom. The fraction of sp³-hybridized carbons (Fsp3) is 0.333. The quantitative estimate of drug-likeness (QED) is 0.736. The maximum absolute atomic E-state index is 11.6. The number of anilines is 1. The lowest BCUT2D eigenvalue weighted by molar-refractivity contribution is 0.570. The second-order valence-electron chi connectivity index (χ2n) is 3.35. The maximum atomic E-state index is 11.6. The van der Waals surface area contributed by atoms with E-state index in [1.54, 1.807) is 26.0 Å². The van der Waals surface area contributed by atoms with E-state index in [-0.39, 0.29) is 10.9 Å². The van der Waals surface area contributed by atoms with Crippen LogP contribution in [0.2, 0.25) is 0 Å². The average Bonchev–Trinajstić information content (AvgIpc) is 2.01. The van der Waals surface area contributed by atoms with Gasteiger partial charge in [0.25, 0.3) is 0 Å². The highest BCUT2D eigenvalue weighted by molar-refractivity contribution is 7.89. The lowest BCUT2D eigenvalue weighted by Gasteiger charge is -2.09. The summed E-state index contributed by atoms with van der Waals surface area (Å²) in [5.41, 5.74) is 5.94. The molecule has 0 saturated heterocycles. The van der Waals surface area contributed by atoms with Crippen LogP contribution < -0.4 is 10.5 Å². The van der Waals surface area contributed by atoms with E-state index >= 15 is 0 Å². The maximum Gasteiger partial charge on any atom is 0.240 e. The van der Waals surface area contributed by atoms with Crippen LogP contribution in [0.25, 0.3) is 0 Å². The van der Waals surface area contributed by atoms with Crippen LogP contribution >= 0.6 is 0 Å². The van der Waals surface area contributed by atoms with Crippen molar-refractivity contribution in [1.29, 1.82) is 0 Å². The Bertz CT molecular complexity index is 413. The Labute approximate surface area is 84.2 Å². The van der Waals surface area contributed by atoms with E-state index in [0.717, 1.165) is 0 Å². The molecule has 1 aromatic rings. The van der Waals surface area contributed by atoms with Gasteiger partial charge in [-0.25, -0.2) is 13.1 Å². The highest BCUT2D eigenvalue weighted by Crippen LogP contribution is 2.12. The zero-order valence-electron chi connectivity index (χ0n) is 8.19. The molecular formula is C9H14N2O2S. The zero-order chi connectivity index (χ0) is 10.8. The van der Waals surface area contributed by atoms with Crippen molar-refractivity contribution < 1.29 is 8.42 Å². The molecule has 0 bridgehead atoms. The summed E-state index contributed by atoms with van der Waals surface area (Å²) in [6.07, 6.45) is 0. The van der Waals surface area contributed by atoms with Gasteiger partial charge in [-0.2, -0.15) is 0 Å². The van der Waals surface area contributed by atoms with Crippen LogP contribution in [0.3, 0.4) is 0 Å². The van der Waals surface area contributed by atoms with Crippen LogP contribution in [0.4, 0.5) is 5.69 Å². The molecule has 14 heavy (non-hydrogen) atoms. The van der Waals surface area contributed by atoms with Crippen molar-refractivity contribution >= 4 is 15.7 Å². The van der Waals surface area contributed by atoms with Crippen molar-refractivity contribution in [3.05, 3.63) is 24.3 Å². The minimum atomic E-state index is -3.41. The van der Waals surface area contributed by atoms with E-state index in [0.29, 0.717) is 5.69 Å². The van der Waals surface area contributed by atoms with Crippen molar-refractivity contribution in [3.8, 4) is 0 Å². The molecule has 4 nitrogen and oxygen atoms in total. The topological polar surface area (TPSA) is 72.2 Å². The third kappa shape index (κ3) is 2.71. The monoisotopic (exact) mass is 214 g/mol. The molecule has 0 fully saturated rings. The van der Waals surface area contributed by atoms with E-state index in [4.69, 9.17) is 5.73 Å². The number of nitrogen functional groups attached to an aromatic ring is 1. The summed E-state index contributed by atoms with van der Waals surface area (Å²) in [6.45, 7) is 3.54. The lowest BCUT2D eigenvalue weighted by atomic mass is 10.3. The number of rotatable bonds is 3. The number of hydrogen-bond donors (Lipinski definition) is 2. The highest BCUT2D eigenvalue weighted by atomic mass is 32.2. The van der Waals surface area contributed by atoms with Gasteiger partial charge in [0.1, 0.15) is 0 Å². The smallest absolute Gasteiger partial charge is 0.240 e. The Balaban J connectivity index is 3.05. The lowest BCUT2D eigenvalue weighted by Crippen LogP contribution is -2.30. The van der Waals surface area contributed by atoms with Gasteiger partial charge in [-0.3, -0.25) is 0 Å². The predicted molar refractivity (Wildman–Crippen MR) is 56.3 cm³/mol. The van der Waals surface area contributed by atoms with E-state index in [1.807, 2.05) is 0 Å². The standard InChI is InChI=1S/C9H14N2O2S/c1-7(2)11-14(12,13)9-5-3-4-8(10)6-9/h3-7,11H,10H2,1-2H3. The van der Waals surface area contributed by atoms with Crippen LogP contribution in [0.1, 0.15) is 13.8 Å². The zero-order valence-corrected chi connectivity index (χ0v) is 9.01. The Hall–Kier alpha value is -1.07. The predicted octanol–water partition coefficient (Wildman–Crippen LogP) is 0.956. The Morgan fingerprint density at radius 3 is 2.50 bits per heavy atom. The summed E-state index contributed by atoms with van der Waals surface area (Å²) in [4.78, 5) is 0.200. The summed E-state index contributed by atoms with van der Waals surface area (Å²) < 4.78 is 25.7. The normalized spacial score (nSPS) is 11.9. The van der Waals surface area contributed by atoms with E-state index in [2.05, 4.69) is 4.72 Å². The number of nitrogens with two attached hydrogens (primary N) is 1. The third-order valence-corrected chi connectivity index (χ3v) is 3.22. The fourth-order valence-electron chi connectivity index (χ4n) is 1.06. The molecule has 5 heteroatoms. The van der Waals surface area contributed by atoms with Gasteiger partial charge < -0.3 is 5.73 Å². The second-order valence-corrected chi connectivity index (χ2v) is 5.06. The number of benzene rings is 1. The van der Waals surface area contributed by atoms with Gasteiger partial charge in [0.2, 0.25) is 10.0 Å². The molecule has 0 aliphatic rings. The highest BCUT2D eigenvalue weighted by Gasteiger charge is 2.14. The van der Waals surface area contributed by atoms with Gasteiger partial charge in [0.15, 0.2) is 0 Å². The molecule has 78 valence electrons.